The predicted molar refractivity (Wildman–Crippen MR) is 118 cm³/mol. The largest absolute Gasteiger partial charge is 0.497 e. The van der Waals surface area contributed by atoms with Crippen molar-refractivity contribution in [1.29, 1.82) is 0 Å². The summed E-state index contributed by atoms with van der Waals surface area (Å²) in [6, 6.07) is 14.7. The van der Waals surface area contributed by atoms with Gasteiger partial charge in [0.05, 0.1) is 13.4 Å². The Morgan fingerprint density at radius 2 is 1.84 bits per heavy atom. The number of benzene rings is 2. The number of methoxy groups -OCH3 is 1. The SMILES string of the molecule is COc1ccc([C@H](C(=O)NC2CCCC2)N(C(=O)c2ccco2)c2cccc(F)c2)cc1. The first kappa shape index (κ1) is 21.6. The number of amides is 2. The van der Waals surface area contributed by atoms with E-state index in [-0.39, 0.29) is 23.4 Å². The van der Waals surface area contributed by atoms with Crippen molar-refractivity contribution in [1.82, 2.24) is 5.32 Å². The van der Waals surface area contributed by atoms with E-state index in [9.17, 15) is 14.0 Å². The van der Waals surface area contributed by atoms with Crippen molar-refractivity contribution < 1.29 is 23.1 Å². The van der Waals surface area contributed by atoms with Crippen molar-refractivity contribution in [2.45, 2.75) is 37.8 Å². The average Bonchev–Trinajstić information content (AvgIpc) is 3.51. The number of nitrogens with one attached hydrogen (secondary N) is 1. The molecule has 2 aromatic carbocycles. The third-order valence-corrected chi connectivity index (χ3v) is 5.68. The number of hydrogen-bond donors (Lipinski definition) is 1. The number of furan rings is 1. The van der Waals surface area contributed by atoms with Crippen LogP contribution in [0.25, 0.3) is 0 Å². The summed E-state index contributed by atoms with van der Waals surface area (Å²) >= 11 is 0. The predicted octanol–water partition coefficient (Wildman–Crippen LogP) is 4.87. The van der Waals surface area contributed by atoms with Gasteiger partial charge in [0.1, 0.15) is 17.6 Å². The molecule has 1 aliphatic carbocycles. The topological polar surface area (TPSA) is 71.8 Å². The molecule has 1 atom stereocenters. The van der Waals surface area contributed by atoms with Crippen LogP contribution in [0.4, 0.5) is 10.1 Å². The minimum absolute atomic E-state index is 0.0522. The first-order valence-corrected chi connectivity index (χ1v) is 10.6. The number of nitrogens with zero attached hydrogens (tertiary/aromatic N) is 1. The van der Waals surface area contributed by atoms with Gasteiger partial charge < -0.3 is 14.5 Å². The lowest BCUT2D eigenvalue weighted by Crippen LogP contribution is -2.46. The van der Waals surface area contributed by atoms with Crippen LogP contribution in [0, 0.1) is 5.82 Å². The van der Waals surface area contributed by atoms with Gasteiger partial charge in [-0.2, -0.15) is 0 Å². The zero-order valence-electron chi connectivity index (χ0n) is 17.8. The number of anilines is 1. The van der Waals surface area contributed by atoms with Gasteiger partial charge in [0.15, 0.2) is 5.76 Å². The van der Waals surface area contributed by atoms with E-state index < -0.39 is 17.8 Å². The van der Waals surface area contributed by atoms with Crippen LogP contribution in [-0.2, 0) is 4.79 Å². The Balaban J connectivity index is 1.80. The average molecular weight is 436 g/mol. The molecular formula is C25H25FN2O4. The van der Waals surface area contributed by atoms with Gasteiger partial charge in [0.2, 0.25) is 5.91 Å². The molecule has 1 aromatic heterocycles. The lowest BCUT2D eigenvalue weighted by atomic mass is 10.0. The molecule has 166 valence electrons. The number of hydrogen-bond acceptors (Lipinski definition) is 4. The van der Waals surface area contributed by atoms with Crippen LogP contribution in [0.3, 0.4) is 0 Å². The van der Waals surface area contributed by atoms with Gasteiger partial charge in [-0.3, -0.25) is 14.5 Å². The molecule has 3 aromatic rings. The summed E-state index contributed by atoms with van der Waals surface area (Å²) < 4.78 is 24.7. The lowest BCUT2D eigenvalue weighted by Gasteiger charge is -2.32. The van der Waals surface area contributed by atoms with Crippen molar-refractivity contribution in [3.63, 3.8) is 0 Å². The van der Waals surface area contributed by atoms with Gasteiger partial charge in [-0.1, -0.05) is 31.0 Å². The summed E-state index contributed by atoms with van der Waals surface area (Å²) in [5.74, 6) is -0.696. The van der Waals surface area contributed by atoms with E-state index in [1.807, 2.05) is 0 Å². The number of carbonyl (C=O) groups excluding carboxylic acids is 2. The van der Waals surface area contributed by atoms with E-state index in [2.05, 4.69) is 5.32 Å². The Morgan fingerprint density at radius 1 is 1.09 bits per heavy atom. The summed E-state index contributed by atoms with van der Waals surface area (Å²) in [4.78, 5) is 28.4. The minimum atomic E-state index is -1.03. The van der Waals surface area contributed by atoms with Crippen molar-refractivity contribution in [2.75, 3.05) is 12.0 Å². The van der Waals surface area contributed by atoms with E-state index in [0.29, 0.717) is 11.3 Å². The Labute approximate surface area is 186 Å². The third-order valence-electron chi connectivity index (χ3n) is 5.68. The minimum Gasteiger partial charge on any atom is -0.497 e. The van der Waals surface area contributed by atoms with Gasteiger partial charge in [-0.25, -0.2) is 4.39 Å². The fourth-order valence-corrected chi connectivity index (χ4v) is 4.08. The second kappa shape index (κ2) is 9.68. The van der Waals surface area contributed by atoms with Gasteiger partial charge in [0, 0.05) is 11.7 Å². The number of ether oxygens (including phenoxy) is 1. The summed E-state index contributed by atoms with van der Waals surface area (Å²) in [5.41, 5.74) is 0.833. The second-order valence-corrected chi connectivity index (χ2v) is 7.80. The summed E-state index contributed by atoms with van der Waals surface area (Å²) in [7, 11) is 1.55. The van der Waals surface area contributed by atoms with Crippen LogP contribution in [0.5, 0.6) is 5.75 Å². The monoisotopic (exact) mass is 436 g/mol. The van der Waals surface area contributed by atoms with Crippen molar-refractivity contribution >= 4 is 17.5 Å². The molecule has 1 aliphatic rings. The van der Waals surface area contributed by atoms with Crippen LogP contribution in [0.1, 0.15) is 47.8 Å². The maximum absolute atomic E-state index is 14.1. The van der Waals surface area contributed by atoms with Gasteiger partial charge >= 0.3 is 0 Å². The highest BCUT2D eigenvalue weighted by molar-refractivity contribution is 6.08. The Morgan fingerprint density at radius 3 is 2.47 bits per heavy atom. The van der Waals surface area contributed by atoms with Crippen LogP contribution in [-0.4, -0.2) is 25.0 Å². The molecule has 0 saturated heterocycles. The summed E-state index contributed by atoms with van der Waals surface area (Å²) in [6.07, 6.45) is 5.28. The normalized spacial score (nSPS) is 14.7. The van der Waals surface area contributed by atoms with Crippen LogP contribution in [0.2, 0.25) is 0 Å². The fraction of sp³-hybridized carbons (Fsp3) is 0.280. The third kappa shape index (κ3) is 4.66. The van der Waals surface area contributed by atoms with Gasteiger partial charge in [0.25, 0.3) is 5.91 Å². The van der Waals surface area contributed by atoms with Crippen LogP contribution in [0.15, 0.2) is 71.3 Å². The molecule has 7 heteroatoms. The number of rotatable bonds is 7. The van der Waals surface area contributed by atoms with Gasteiger partial charge in [-0.05, 0) is 60.9 Å². The zero-order valence-corrected chi connectivity index (χ0v) is 17.8. The Bertz CT molecular complexity index is 1060. The standard InChI is InChI=1S/C25H25FN2O4/c1-31-21-13-11-17(12-14-21)23(24(29)27-19-7-2-3-8-19)28(20-9-4-6-18(26)16-20)25(30)22-10-5-15-32-22/h4-6,9-16,19,23H,2-3,7-8H2,1H3,(H,27,29)/t23-/m1/s1. The first-order chi connectivity index (χ1) is 15.6. The fourth-order valence-electron chi connectivity index (χ4n) is 4.08. The quantitative estimate of drug-likeness (QED) is 0.573. The van der Waals surface area contributed by atoms with E-state index in [1.54, 1.807) is 43.5 Å². The van der Waals surface area contributed by atoms with E-state index >= 15 is 0 Å². The molecule has 32 heavy (non-hydrogen) atoms. The van der Waals surface area contributed by atoms with Crippen molar-refractivity contribution in [3.05, 3.63) is 84.1 Å². The number of carbonyl (C=O) groups is 2. The maximum atomic E-state index is 14.1. The lowest BCUT2D eigenvalue weighted by molar-refractivity contribution is -0.123. The molecule has 0 radical (unpaired) electrons. The van der Waals surface area contributed by atoms with Crippen molar-refractivity contribution in [2.24, 2.45) is 0 Å². The highest BCUT2D eigenvalue weighted by Crippen LogP contribution is 2.32. The molecule has 1 N–H and O–H groups in total. The van der Waals surface area contributed by atoms with E-state index in [0.717, 1.165) is 25.7 Å². The Hall–Kier alpha value is -3.61. The molecule has 1 saturated carbocycles. The van der Waals surface area contributed by atoms with Gasteiger partial charge in [-0.15, -0.1) is 0 Å². The molecule has 6 nitrogen and oxygen atoms in total. The molecule has 1 fully saturated rings. The molecule has 0 spiro atoms. The van der Waals surface area contributed by atoms with Crippen molar-refractivity contribution in [3.8, 4) is 5.75 Å². The second-order valence-electron chi connectivity index (χ2n) is 7.80. The molecule has 4 rings (SSSR count). The maximum Gasteiger partial charge on any atom is 0.294 e. The van der Waals surface area contributed by atoms with E-state index in [4.69, 9.17) is 9.15 Å². The molecule has 0 bridgehead atoms. The molecule has 2 amide bonds. The van der Waals surface area contributed by atoms with E-state index in [1.165, 1.54) is 35.4 Å². The molecule has 0 aliphatic heterocycles. The highest BCUT2D eigenvalue weighted by Gasteiger charge is 2.36. The highest BCUT2D eigenvalue weighted by atomic mass is 19.1. The smallest absolute Gasteiger partial charge is 0.294 e. The molecule has 0 unspecified atom stereocenters. The van der Waals surface area contributed by atoms with Crippen LogP contribution >= 0.6 is 0 Å². The summed E-state index contributed by atoms with van der Waals surface area (Å²) in [5, 5.41) is 3.08. The van der Waals surface area contributed by atoms with Crippen LogP contribution < -0.4 is 15.0 Å². The first-order valence-electron chi connectivity index (χ1n) is 10.6. The summed E-state index contributed by atoms with van der Waals surface area (Å²) in [6.45, 7) is 0. The molecular weight excluding hydrogens is 411 g/mol. The molecule has 1 heterocycles. The number of halogens is 1. The Kier molecular flexibility index (Phi) is 6.54. The zero-order chi connectivity index (χ0) is 22.5.